The van der Waals surface area contributed by atoms with Crippen molar-refractivity contribution in [2.24, 2.45) is 0 Å². The molecule has 0 amide bonds. The molecular formula is C23H17ClO4. The molecule has 0 bridgehead atoms. The number of rotatable bonds is 6. The molecule has 5 heteroatoms. The summed E-state index contributed by atoms with van der Waals surface area (Å²) in [5.74, 6) is 1.14. The number of furan rings is 1. The van der Waals surface area contributed by atoms with Crippen LogP contribution in [-0.2, 0) is 6.61 Å². The van der Waals surface area contributed by atoms with Gasteiger partial charge in [0.15, 0.2) is 5.78 Å². The molecule has 1 heterocycles. The summed E-state index contributed by atoms with van der Waals surface area (Å²) in [5, 5.41) is 1.37. The van der Waals surface area contributed by atoms with Crippen LogP contribution in [0.2, 0.25) is 5.02 Å². The molecule has 0 fully saturated rings. The predicted octanol–water partition coefficient (Wildman–Crippen LogP) is 5.90. The van der Waals surface area contributed by atoms with Crippen LogP contribution in [-0.4, -0.2) is 12.9 Å². The van der Waals surface area contributed by atoms with Crippen LogP contribution in [0, 0.1) is 0 Å². The molecule has 0 N–H and O–H groups in total. The number of halogens is 1. The molecule has 3 aromatic carbocycles. The van der Waals surface area contributed by atoms with Gasteiger partial charge in [-0.25, -0.2) is 0 Å². The summed E-state index contributed by atoms with van der Waals surface area (Å²) in [6, 6.07) is 20.0. The molecule has 0 aliphatic rings. The zero-order chi connectivity index (χ0) is 19.5. The lowest BCUT2D eigenvalue weighted by molar-refractivity contribution is 0.103. The van der Waals surface area contributed by atoms with Crippen molar-refractivity contribution in [2.75, 3.05) is 7.11 Å². The van der Waals surface area contributed by atoms with Gasteiger partial charge in [-0.3, -0.25) is 4.79 Å². The average molecular weight is 393 g/mol. The first kappa shape index (κ1) is 18.1. The van der Waals surface area contributed by atoms with Crippen LogP contribution in [0.4, 0.5) is 0 Å². The first-order valence-electron chi connectivity index (χ1n) is 8.71. The summed E-state index contributed by atoms with van der Waals surface area (Å²) in [5.41, 5.74) is 2.61. The van der Waals surface area contributed by atoms with Crippen molar-refractivity contribution in [1.29, 1.82) is 0 Å². The Morgan fingerprint density at radius 3 is 2.68 bits per heavy atom. The van der Waals surface area contributed by atoms with Crippen LogP contribution in [0.25, 0.3) is 11.0 Å². The third-order valence-corrected chi connectivity index (χ3v) is 4.65. The van der Waals surface area contributed by atoms with Crippen LogP contribution in [0.1, 0.15) is 21.5 Å². The summed E-state index contributed by atoms with van der Waals surface area (Å²) >= 11 is 6.01. The van der Waals surface area contributed by atoms with Gasteiger partial charge in [-0.2, -0.15) is 0 Å². The number of carbonyl (C=O) groups excluding carboxylic acids is 1. The van der Waals surface area contributed by atoms with E-state index in [9.17, 15) is 4.79 Å². The van der Waals surface area contributed by atoms with Gasteiger partial charge in [-0.15, -0.1) is 0 Å². The number of hydrogen-bond donors (Lipinski definition) is 0. The van der Waals surface area contributed by atoms with Crippen molar-refractivity contribution < 1.29 is 18.7 Å². The Bertz CT molecular complexity index is 1150. The van der Waals surface area contributed by atoms with Crippen LogP contribution in [0.5, 0.6) is 11.5 Å². The molecule has 0 unspecified atom stereocenters. The highest BCUT2D eigenvalue weighted by Gasteiger charge is 2.17. The fourth-order valence-corrected chi connectivity index (χ4v) is 3.20. The van der Waals surface area contributed by atoms with Crippen molar-refractivity contribution in [3.63, 3.8) is 0 Å². The van der Waals surface area contributed by atoms with Crippen molar-refractivity contribution in [2.45, 2.75) is 6.61 Å². The first-order chi connectivity index (χ1) is 13.6. The number of methoxy groups -OCH3 is 1. The Labute approximate surface area is 167 Å². The second kappa shape index (κ2) is 7.79. The van der Waals surface area contributed by atoms with Gasteiger partial charge in [0.1, 0.15) is 30.0 Å². The molecule has 28 heavy (non-hydrogen) atoms. The minimum Gasteiger partial charge on any atom is -0.497 e. The van der Waals surface area contributed by atoms with E-state index in [1.165, 1.54) is 6.26 Å². The molecule has 4 rings (SSSR count). The third-order valence-electron chi connectivity index (χ3n) is 4.42. The van der Waals surface area contributed by atoms with Crippen LogP contribution in [0.3, 0.4) is 0 Å². The van der Waals surface area contributed by atoms with Crippen LogP contribution >= 0.6 is 11.6 Å². The molecule has 4 aromatic rings. The van der Waals surface area contributed by atoms with Crippen molar-refractivity contribution in [3.8, 4) is 11.5 Å². The van der Waals surface area contributed by atoms with Gasteiger partial charge in [-0.05, 0) is 48.0 Å². The average Bonchev–Trinajstić information content (AvgIpc) is 3.15. The first-order valence-corrected chi connectivity index (χ1v) is 9.09. The van der Waals surface area contributed by atoms with Gasteiger partial charge in [0.25, 0.3) is 0 Å². The lowest BCUT2D eigenvalue weighted by atomic mass is 10.0. The predicted molar refractivity (Wildman–Crippen MR) is 108 cm³/mol. The van der Waals surface area contributed by atoms with E-state index in [0.717, 1.165) is 5.56 Å². The summed E-state index contributed by atoms with van der Waals surface area (Å²) in [6.45, 7) is 0.378. The number of ketones is 1. The Balaban J connectivity index is 1.61. The van der Waals surface area contributed by atoms with E-state index < -0.39 is 0 Å². The smallest absolute Gasteiger partial charge is 0.197 e. The molecule has 4 nitrogen and oxygen atoms in total. The van der Waals surface area contributed by atoms with Gasteiger partial charge in [0.2, 0.25) is 0 Å². The molecule has 0 atom stereocenters. The van der Waals surface area contributed by atoms with Gasteiger partial charge in [0, 0.05) is 16.0 Å². The summed E-state index contributed by atoms with van der Waals surface area (Å²) in [7, 11) is 1.57. The molecule has 0 spiro atoms. The van der Waals surface area contributed by atoms with E-state index in [0.29, 0.717) is 45.2 Å². The van der Waals surface area contributed by atoms with E-state index in [1.54, 1.807) is 37.4 Å². The maximum Gasteiger partial charge on any atom is 0.197 e. The summed E-state index contributed by atoms with van der Waals surface area (Å²) < 4.78 is 16.6. The SMILES string of the molecule is COc1cccc(C(=O)c2coc3ccc(OCc4cccc(Cl)c4)cc23)c1. The molecule has 0 aliphatic heterocycles. The van der Waals surface area contributed by atoms with Gasteiger partial charge >= 0.3 is 0 Å². The van der Waals surface area contributed by atoms with E-state index in [1.807, 2.05) is 36.4 Å². The number of carbonyl (C=O) groups is 1. The zero-order valence-electron chi connectivity index (χ0n) is 15.1. The Kier molecular flexibility index (Phi) is 5.04. The molecule has 1 aromatic heterocycles. The summed E-state index contributed by atoms with van der Waals surface area (Å²) in [4.78, 5) is 12.9. The Morgan fingerprint density at radius 2 is 1.86 bits per heavy atom. The van der Waals surface area contributed by atoms with E-state index in [-0.39, 0.29) is 5.78 Å². The van der Waals surface area contributed by atoms with Crippen molar-refractivity contribution in [3.05, 3.63) is 94.7 Å². The Hall–Kier alpha value is -3.24. The second-order valence-corrected chi connectivity index (χ2v) is 6.72. The fraction of sp³-hybridized carbons (Fsp3) is 0.0870. The normalized spacial score (nSPS) is 10.8. The van der Waals surface area contributed by atoms with Crippen molar-refractivity contribution >= 4 is 28.4 Å². The number of hydrogen-bond acceptors (Lipinski definition) is 4. The molecule has 0 saturated carbocycles. The highest BCUT2D eigenvalue weighted by atomic mass is 35.5. The van der Waals surface area contributed by atoms with Crippen LogP contribution < -0.4 is 9.47 Å². The zero-order valence-corrected chi connectivity index (χ0v) is 15.9. The van der Waals surface area contributed by atoms with Crippen LogP contribution in [0.15, 0.2) is 77.4 Å². The molecule has 0 aliphatic carbocycles. The molecule has 0 saturated heterocycles. The minimum absolute atomic E-state index is 0.135. The largest absolute Gasteiger partial charge is 0.497 e. The molecule has 0 radical (unpaired) electrons. The lowest BCUT2D eigenvalue weighted by Crippen LogP contribution is -2.01. The van der Waals surface area contributed by atoms with E-state index in [4.69, 9.17) is 25.5 Å². The monoisotopic (exact) mass is 392 g/mol. The van der Waals surface area contributed by atoms with Gasteiger partial charge in [0.05, 0.1) is 12.7 Å². The number of fused-ring (bicyclic) bond motifs is 1. The number of benzene rings is 3. The van der Waals surface area contributed by atoms with Crippen molar-refractivity contribution in [1.82, 2.24) is 0 Å². The lowest BCUT2D eigenvalue weighted by Gasteiger charge is -2.07. The number of ether oxygens (including phenoxy) is 2. The van der Waals surface area contributed by atoms with E-state index in [2.05, 4.69) is 0 Å². The topological polar surface area (TPSA) is 48.7 Å². The maximum atomic E-state index is 12.9. The summed E-state index contributed by atoms with van der Waals surface area (Å²) in [6.07, 6.45) is 1.48. The fourth-order valence-electron chi connectivity index (χ4n) is 2.99. The maximum absolute atomic E-state index is 12.9. The minimum atomic E-state index is -0.135. The highest BCUT2D eigenvalue weighted by Crippen LogP contribution is 2.29. The molecule has 140 valence electrons. The third kappa shape index (κ3) is 3.73. The second-order valence-electron chi connectivity index (χ2n) is 6.29. The van der Waals surface area contributed by atoms with E-state index >= 15 is 0 Å². The highest BCUT2D eigenvalue weighted by molar-refractivity contribution is 6.30. The van der Waals surface area contributed by atoms with Gasteiger partial charge in [-0.1, -0.05) is 35.9 Å². The molecular weight excluding hydrogens is 376 g/mol. The standard InChI is InChI=1S/C23H17ClO4/c1-26-18-7-3-5-16(11-18)23(25)21-14-28-22-9-8-19(12-20(21)22)27-13-15-4-2-6-17(24)10-15/h2-12,14H,13H2,1H3. The van der Waals surface area contributed by atoms with Gasteiger partial charge < -0.3 is 13.9 Å². The quantitative estimate of drug-likeness (QED) is 0.383. The Morgan fingerprint density at radius 1 is 1.00 bits per heavy atom.